The second kappa shape index (κ2) is 9.44. The second-order valence-corrected chi connectivity index (χ2v) is 5.27. The Morgan fingerprint density at radius 1 is 1.12 bits per heavy atom. The molecule has 126 valence electrons. The van der Waals surface area contributed by atoms with Gasteiger partial charge in [-0.1, -0.05) is 47.5 Å². The molecule has 0 unspecified atom stereocenters. The lowest BCUT2D eigenvalue weighted by molar-refractivity contribution is -0.120. The maximum absolute atomic E-state index is 11.9. The van der Waals surface area contributed by atoms with E-state index >= 15 is 0 Å². The minimum atomic E-state index is -0.422. The molecule has 24 heavy (non-hydrogen) atoms. The van der Waals surface area contributed by atoms with Crippen molar-refractivity contribution in [2.24, 2.45) is 5.10 Å². The minimum Gasteiger partial charge on any atom is -0.412 e. The van der Waals surface area contributed by atoms with Gasteiger partial charge in [-0.25, -0.2) is 5.43 Å². The molecule has 0 saturated carbocycles. The quantitative estimate of drug-likeness (QED) is 0.635. The smallest absolute Gasteiger partial charge is 0.259 e. The molecule has 2 rings (SSSR count). The zero-order valence-electron chi connectivity index (χ0n) is 13.0. The summed E-state index contributed by atoms with van der Waals surface area (Å²) in [7, 11) is 0. The van der Waals surface area contributed by atoms with Crippen LogP contribution < -0.4 is 10.7 Å². The van der Waals surface area contributed by atoms with E-state index < -0.39 is 5.91 Å². The molecule has 0 aliphatic rings. The SMILES string of the molecule is Cc1ccc(C(=O)NCC(=O)N/N=C/c2ccccc2Cl)cc1.O. The van der Waals surface area contributed by atoms with E-state index in [4.69, 9.17) is 11.6 Å². The summed E-state index contributed by atoms with van der Waals surface area (Å²) in [4.78, 5) is 23.5. The summed E-state index contributed by atoms with van der Waals surface area (Å²) >= 11 is 5.96. The van der Waals surface area contributed by atoms with Crippen molar-refractivity contribution in [2.45, 2.75) is 6.92 Å². The average molecular weight is 348 g/mol. The Morgan fingerprint density at radius 2 is 1.79 bits per heavy atom. The Hall–Kier alpha value is -2.70. The van der Waals surface area contributed by atoms with Crippen molar-refractivity contribution in [3.8, 4) is 0 Å². The molecule has 2 aromatic carbocycles. The van der Waals surface area contributed by atoms with Crippen molar-refractivity contribution in [3.63, 3.8) is 0 Å². The molecule has 0 radical (unpaired) electrons. The van der Waals surface area contributed by atoms with Gasteiger partial charge in [0, 0.05) is 16.1 Å². The number of carbonyl (C=O) groups excluding carboxylic acids is 2. The van der Waals surface area contributed by atoms with Crippen molar-refractivity contribution >= 4 is 29.6 Å². The molecule has 0 atom stereocenters. The fourth-order valence-corrected chi connectivity index (χ4v) is 1.95. The van der Waals surface area contributed by atoms with Crippen molar-refractivity contribution in [1.82, 2.24) is 10.7 Å². The summed E-state index contributed by atoms with van der Waals surface area (Å²) in [6, 6.07) is 14.2. The number of amides is 2. The van der Waals surface area contributed by atoms with E-state index in [1.54, 1.807) is 30.3 Å². The van der Waals surface area contributed by atoms with E-state index in [1.807, 2.05) is 25.1 Å². The van der Waals surface area contributed by atoms with E-state index in [-0.39, 0.29) is 17.9 Å². The Kier molecular flexibility index (Phi) is 7.61. The normalized spacial score (nSPS) is 10.1. The summed E-state index contributed by atoms with van der Waals surface area (Å²) < 4.78 is 0. The van der Waals surface area contributed by atoms with Crippen molar-refractivity contribution in [2.75, 3.05) is 6.54 Å². The molecular weight excluding hydrogens is 330 g/mol. The number of rotatable bonds is 5. The van der Waals surface area contributed by atoms with Gasteiger partial charge in [-0.05, 0) is 25.1 Å². The van der Waals surface area contributed by atoms with Crippen LogP contribution >= 0.6 is 11.6 Å². The van der Waals surface area contributed by atoms with Gasteiger partial charge in [0.15, 0.2) is 0 Å². The number of hydrogen-bond acceptors (Lipinski definition) is 3. The van der Waals surface area contributed by atoms with Crippen LogP contribution in [0.5, 0.6) is 0 Å². The molecule has 0 bridgehead atoms. The number of halogens is 1. The van der Waals surface area contributed by atoms with E-state index in [1.165, 1.54) is 6.21 Å². The van der Waals surface area contributed by atoms with Crippen LogP contribution in [-0.2, 0) is 4.79 Å². The molecule has 0 saturated heterocycles. The lowest BCUT2D eigenvalue weighted by Crippen LogP contribution is -2.34. The van der Waals surface area contributed by atoms with Crippen LogP contribution in [0.1, 0.15) is 21.5 Å². The van der Waals surface area contributed by atoms with Crippen molar-refractivity contribution < 1.29 is 15.1 Å². The molecule has 0 heterocycles. The standard InChI is InChI=1S/C17H16ClN3O2.H2O/c1-12-6-8-13(9-7-12)17(23)19-11-16(22)21-20-10-14-4-2-3-5-15(14)18;/h2-10H,11H2,1H3,(H,19,23)(H,21,22);1H2/b20-10+;. The maximum atomic E-state index is 11.9. The highest BCUT2D eigenvalue weighted by Crippen LogP contribution is 2.11. The molecule has 0 aliphatic carbocycles. The third kappa shape index (κ3) is 5.83. The van der Waals surface area contributed by atoms with Gasteiger partial charge >= 0.3 is 0 Å². The maximum Gasteiger partial charge on any atom is 0.259 e. The van der Waals surface area contributed by atoms with E-state index in [0.29, 0.717) is 16.1 Å². The lowest BCUT2D eigenvalue weighted by Gasteiger charge is -2.04. The molecule has 7 heteroatoms. The fourth-order valence-electron chi connectivity index (χ4n) is 1.76. The highest BCUT2D eigenvalue weighted by molar-refractivity contribution is 6.33. The Balaban J connectivity index is 0.00000288. The van der Waals surface area contributed by atoms with Gasteiger partial charge in [-0.15, -0.1) is 0 Å². The first kappa shape index (κ1) is 19.3. The highest BCUT2D eigenvalue weighted by atomic mass is 35.5. The number of hydrazone groups is 1. The Labute approximate surface area is 144 Å². The number of benzene rings is 2. The van der Waals surface area contributed by atoms with Crippen LogP contribution in [0.15, 0.2) is 53.6 Å². The largest absolute Gasteiger partial charge is 0.412 e. The minimum absolute atomic E-state index is 0. The molecule has 0 aromatic heterocycles. The zero-order valence-corrected chi connectivity index (χ0v) is 13.8. The Bertz CT molecular complexity index is 730. The predicted octanol–water partition coefficient (Wildman–Crippen LogP) is 1.70. The van der Waals surface area contributed by atoms with Crippen molar-refractivity contribution in [1.29, 1.82) is 0 Å². The van der Waals surface area contributed by atoms with Crippen molar-refractivity contribution in [3.05, 3.63) is 70.2 Å². The first-order valence-electron chi connectivity index (χ1n) is 6.97. The molecule has 0 aliphatic heterocycles. The topological polar surface area (TPSA) is 102 Å². The van der Waals surface area contributed by atoms with Crippen LogP contribution in [0.4, 0.5) is 0 Å². The van der Waals surface area contributed by atoms with Crippen LogP contribution in [0.3, 0.4) is 0 Å². The number of nitrogens with zero attached hydrogens (tertiary/aromatic N) is 1. The van der Waals surface area contributed by atoms with E-state index in [0.717, 1.165) is 5.56 Å². The number of carbonyl (C=O) groups is 2. The monoisotopic (exact) mass is 347 g/mol. The van der Waals surface area contributed by atoms with Gasteiger partial charge in [0.25, 0.3) is 11.8 Å². The molecule has 4 N–H and O–H groups in total. The van der Waals surface area contributed by atoms with E-state index in [9.17, 15) is 9.59 Å². The molecule has 2 amide bonds. The van der Waals surface area contributed by atoms with E-state index in [2.05, 4.69) is 15.8 Å². The highest BCUT2D eigenvalue weighted by Gasteiger charge is 2.07. The molecule has 0 fully saturated rings. The van der Waals surface area contributed by atoms with Gasteiger partial charge in [0.2, 0.25) is 0 Å². The Morgan fingerprint density at radius 3 is 2.46 bits per heavy atom. The average Bonchev–Trinajstić information content (AvgIpc) is 2.55. The number of hydrogen-bond donors (Lipinski definition) is 2. The van der Waals surface area contributed by atoms with Gasteiger partial charge in [-0.3, -0.25) is 9.59 Å². The van der Waals surface area contributed by atoms with Gasteiger partial charge in [-0.2, -0.15) is 5.10 Å². The summed E-state index contributed by atoms with van der Waals surface area (Å²) in [6.45, 7) is 1.78. The third-order valence-electron chi connectivity index (χ3n) is 3.02. The summed E-state index contributed by atoms with van der Waals surface area (Å²) in [6.07, 6.45) is 1.45. The molecular formula is C17H18ClN3O3. The zero-order chi connectivity index (χ0) is 16.7. The second-order valence-electron chi connectivity index (χ2n) is 4.86. The number of nitrogens with one attached hydrogen (secondary N) is 2. The van der Waals surface area contributed by atoms with Crippen LogP contribution in [0.25, 0.3) is 0 Å². The molecule has 0 spiro atoms. The summed E-state index contributed by atoms with van der Waals surface area (Å²) in [5, 5.41) is 6.87. The van der Waals surface area contributed by atoms with Crippen LogP contribution in [0, 0.1) is 6.92 Å². The number of aryl methyl sites for hydroxylation is 1. The summed E-state index contributed by atoms with van der Waals surface area (Å²) in [5.74, 6) is -0.732. The van der Waals surface area contributed by atoms with Gasteiger partial charge in [0.05, 0.1) is 12.8 Å². The first-order chi connectivity index (χ1) is 11.1. The summed E-state index contributed by atoms with van der Waals surface area (Å²) in [5.41, 5.74) is 4.59. The molecule has 6 nitrogen and oxygen atoms in total. The van der Waals surface area contributed by atoms with Gasteiger partial charge < -0.3 is 10.8 Å². The predicted molar refractivity (Wildman–Crippen MR) is 94.3 cm³/mol. The lowest BCUT2D eigenvalue weighted by atomic mass is 10.1. The fraction of sp³-hybridized carbons (Fsp3) is 0.118. The third-order valence-corrected chi connectivity index (χ3v) is 3.37. The van der Waals surface area contributed by atoms with Crippen LogP contribution in [0.2, 0.25) is 5.02 Å². The van der Waals surface area contributed by atoms with Gasteiger partial charge in [0.1, 0.15) is 0 Å². The first-order valence-corrected chi connectivity index (χ1v) is 7.35. The van der Waals surface area contributed by atoms with Crippen LogP contribution in [-0.4, -0.2) is 30.0 Å². The molecule has 2 aromatic rings.